The molecule has 4 nitrogen and oxygen atoms in total. The second kappa shape index (κ2) is 6.90. The molecule has 0 heterocycles. The Morgan fingerprint density at radius 2 is 1.95 bits per heavy atom. The van der Waals surface area contributed by atoms with Gasteiger partial charge in [0.05, 0.1) is 0 Å². The van der Waals surface area contributed by atoms with Gasteiger partial charge in [0.1, 0.15) is 5.60 Å². The number of carbonyl (C=O) groups excluding carboxylic acids is 1. The molecule has 0 saturated heterocycles. The Labute approximate surface area is 141 Å². The van der Waals surface area contributed by atoms with Gasteiger partial charge in [-0.05, 0) is 80.6 Å². The van der Waals surface area contributed by atoms with Gasteiger partial charge in [-0.3, -0.25) is 0 Å². The van der Waals surface area contributed by atoms with Crippen LogP contribution < -0.4 is 10.6 Å². The van der Waals surface area contributed by atoms with Crippen molar-refractivity contribution < 1.29 is 9.53 Å². The van der Waals surface area contributed by atoms with Gasteiger partial charge >= 0.3 is 6.09 Å². The quantitative estimate of drug-likeness (QED) is 0.818. The molecule has 1 aliphatic rings. The van der Waals surface area contributed by atoms with Crippen LogP contribution in [0.5, 0.6) is 0 Å². The number of carbonyl (C=O) groups is 1. The Kier molecular flexibility index (Phi) is 5.37. The van der Waals surface area contributed by atoms with Gasteiger partial charge < -0.3 is 15.4 Å². The lowest BCUT2D eigenvalue weighted by Gasteiger charge is -2.22. The van der Waals surface area contributed by atoms with Crippen LogP contribution in [0.3, 0.4) is 0 Å². The number of aryl methyl sites for hydroxylation is 1. The molecule has 1 amide bonds. The molecule has 0 spiro atoms. The van der Waals surface area contributed by atoms with E-state index in [4.69, 9.17) is 4.74 Å². The molecule has 2 rings (SSSR count). The highest BCUT2D eigenvalue weighted by molar-refractivity contribution is 9.10. The van der Waals surface area contributed by atoms with Crippen LogP contribution in [0.2, 0.25) is 0 Å². The average Bonchev–Trinajstić information content (AvgIpc) is 2.78. The summed E-state index contributed by atoms with van der Waals surface area (Å²) in [7, 11) is 0. The van der Waals surface area contributed by atoms with Gasteiger partial charge in [-0.1, -0.05) is 6.07 Å². The van der Waals surface area contributed by atoms with E-state index in [1.807, 2.05) is 20.8 Å². The minimum Gasteiger partial charge on any atom is -0.444 e. The van der Waals surface area contributed by atoms with Crippen LogP contribution >= 0.6 is 15.9 Å². The zero-order chi connectivity index (χ0) is 16.3. The molecule has 0 bridgehead atoms. The first-order valence-corrected chi connectivity index (χ1v) is 8.54. The number of rotatable bonds is 3. The summed E-state index contributed by atoms with van der Waals surface area (Å²) in [6.45, 7) is 7.71. The van der Waals surface area contributed by atoms with Crippen LogP contribution in [0.1, 0.15) is 45.6 Å². The molecule has 1 saturated carbocycles. The molecule has 22 heavy (non-hydrogen) atoms. The summed E-state index contributed by atoms with van der Waals surface area (Å²) in [5.41, 5.74) is 1.89. The molecule has 0 aromatic heterocycles. The highest BCUT2D eigenvalue weighted by atomic mass is 79.9. The predicted molar refractivity (Wildman–Crippen MR) is 93.3 cm³/mol. The second-order valence-corrected chi connectivity index (χ2v) is 7.84. The van der Waals surface area contributed by atoms with Gasteiger partial charge in [-0.15, -0.1) is 0 Å². The largest absolute Gasteiger partial charge is 0.444 e. The summed E-state index contributed by atoms with van der Waals surface area (Å²) in [5.74, 6) is 0. The Hall–Kier alpha value is -1.23. The third kappa shape index (κ3) is 5.20. The van der Waals surface area contributed by atoms with Crippen molar-refractivity contribution >= 4 is 27.7 Å². The molecule has 0 aliphatic heterocycles. The number of halogens is 1. The highest BCUT2D eigenvalue weighted by Gasteiger charge is 2.27. The highest BCUT2D eigenvalue weighted by Crippen LogP contribution is 2.28. The normalized spacial score (nSPS) is 21.5. The molecule has 2 N–H and O–H groups in total. The lowest BCUT2D eigenvalue weighted by molar-refractivity contribution is 0.0505. The molecule has 2 atom stereocenters. The summed E-state index contributed by atoms with van der Waals surface area (Å²) in [4.78, 5) is 11.8. The van der Waals surface area contributed by atoms with Crippen molar-refractivity contribution in [2.24, 2.45) is 0 Å². The molecule has 122 valence electrons. The van der Waals surface area contributed by atoms with Crippen LogP contribution in [0, 0.1) is 6.92 Å². The average molecular weight is 369 g/mol. The van der Waals surface area contributed by atoms with Gasteiger partial charge in [0.2, 0.25) is 0 Å². The van der Waals surface area contributed by atoms with E-state index in [9.17, 15) is 4.79 Å². The molecule has 2 unspecified atom stereocenters. The van der Waals surface area contributed by atoms with E-state index in [-0.39, 0.29) is 12.1 Å². The van der Waals surface area contributed by atoms with Crippen molar-refractivity contribution in [1.29, 1.82) is 0 Å². The molecule has 0 radical (unpaired) electrons. The van der Waals surface area contributed by atoms with E-state index in [0.717, 1.165) is 29.4 Å². The number of alkyl carbamates (subject to hydrolysis) is 1. The maximum absolute atomic E-state index is 11.8. The lowest BCUT2D eigenvalue weighted by atomic mass is 10.2. The monoisotopic (exact) mass is 368 g/mol. The van der Waals surface area contributed by atoms with Crippen molar-refractivity contribution in [1.82, 2.24) is 5.32 Å². The number of hydrogen-bond acceptors (Lipinski definition) is 3. The SMILES string of the molecule is Cc1ccc(Br)c(NC2CCC(NC(=O)OC(C)(C)C)C2)c1. The molecule has 1 aliphatic carbocycles. The van der Waals surface area contributed by atoms with Gasteiger partial charge in [-0.2, -0.15) is 0 Å². The van der Waals surface area contributed by atoms with E-state index in [1.165, 1.54) is 5.56 Å². The second-order valence-electron chi connectivity index (χ2n) is 6.98. The summed E-state index contributed by atoms with van der Waals surface area (Å²) in [6.07, 6.45) is 2.61. The van der Waals surface area contributed by atoms with Crippen molar-refractivity contribution in [3.05, 3.63) is 28.2 Å². The Morgan fingerprint density at radius 3 is 2.64 bits per heavy atom. The topological polar surface area (TPSA) is 50.4 Å². The van der Waals surface area contributed by atoms with E-state index >= 15 is 0 Å². The summed E-state index contributed by atoms with van der Waals surface area (Å²) in [5, 5.41) is 6.53. The fourth-order valence-corrected chi connectivity index (χ4v) is 3.05. The van der Waals surface area contributed by atoms with Crippen molar-refractivity contribution in [2.45, 2.75) is 64.6 Å². The fraction of sp³-hybridized carbons (Fsp3) is 0.588. The first-order chi connectivity index (χ1) is 10.2. The van der Waals surface area contributed by atoms with Crippen LogP contribution in [0.15, 0.2) is 22.7 Å². The van der Waals surface area contributed by atoms with E-state index in [0.29, 0.717) is 6.04 Å². The van der Waals surface area contributed by atoms with Gasteiger partial charge in [0, 0.05) is 22.2 Å². The Morgan fingerprint density at radius 1 is 1.27 bits per heavy atom. The first-order valence-electron chi connectivity index (χ1n) is 7.75. The number of nitrogens with one attached hydrogen (secondary N) is 2. The van der Waals surface area contributed by atoms with Gasteiger partial charge in [0.25, 0.3) is 0 Å². The zero-order valence-corrected chi connectivity index (χ0v) is 15.3. The van der Waals surface area contributed by atoms with Crippen LogP contribution in [0.4, 0.5) is 10.5 Å². The maximum atomic E-state index is 11.8. The Balaban J connectivity index is 1.85. The number of hydrogen-bond donors (Lipinski definition) is 2. The van der Waals surface area contributed by atoms with Crippen LogP contribution in [0.25, 0.3) is 0 Å². The first kappa shape index (κ1) is 17.1. The van der Waals surface area contributed by atoms with Crippen molar-refractivity contribution in [2.75, 3.05) is 5.32 Å². The number of ether oxygens (including phenoxy) is 1. The molecular weight excluding hydrogens is 344 g/mol. The fourth-order valence-electron chi connectivity index (χ4n) is 2.69. The molecule has 1 aromatic carbocycles. The summed E-state index contributed by atoms with van der Waals surface area (Å²) in [6, 6.07) is 6.83. The summed E-state index contributed by atoms with van der Waals surface area (Å²) < 4.78 is 6.38. The summed E-state index contributed by atoms with van der Waals surface area (Å²) >= 11 is 3.57. The van der Waals surface area contributed by atoms with E-state index < -0.39 is 5.60 Å². The van der Waals surface area contributed by atoms with Gasteiger partial charge in [-0.25, -0.2) is 4.79 Å². The van der Waals surface area contributed by atoms with E-state index in [2.05, 4.69) is 51.7 Å². The van der Waals surface area contributed by atoms with Crippen LogP contribution in [-0.4, -0.2) is 23.8 Å². The van der Waals surface area contributed by atoms with E-state index in [1.54, 1.807) is 0 Å². The van der Waals surface area contributed by atoms with Crippen LogP contribution in [-0.2, 0) is 4.74 Å². The minimum atomic E-state index is -0.452. The third-order valence-corrected chi connectivity index (χ3v) is 4.33. The third-order valence-electron chi connectivity index (χ3n) is 3.63. The Bertz CT molecular complexity index is 540. The number of benzene rings is 1. The standard InChI is InChI=1S/C17H25BrN2O2/c1-11-5-8-14(18)15(9-11)19-12-6-7-13(10-12)20-16(21)22-17(2,3)4/h5,8-9,12-13,19H,6-7,10H2,1-4H3,(H,20,21). The lowest BCUT2D eigenvalue weighted by Crippen LogP contribution is -2.38. The number of amides is 1. The van der Waals surface area contributed by atoms with Crippen molar-refractivity contribution in [3.8, 4) is 0 Å². The molecule has 5 heteroatoms. The molecule has 1 aromatic rings. The number of anilines is 1. The maximum Gasteiger partial charge on any atom is 0.407 e. The minimum absolute atomic E-state index is 0.177. The molecular formula is C17H25BrN2O2. The zero-order valence-electron chi connectivity index (χ0n) is 13.7. The van der Waals surface area contributed by atoms with Crippen molar-refractivity contribution in [3.63, 3.8) is 0 Å². The van der Waals surface area contributed by atoms with Gasteiger partial charge in [0.15, 0.2) is 0 Å². The molecule has 1 fully saturated rings. The smallest absolute Gasteiger partial charge is 0.407 e. The predicted octanol–water partition coefficient (Wildman–Crippen LogP) is 4.62.